The fraction of sp³-hybridized carbons (Fsp3) is 0.333. The average Bonchev–Trinajstić information content (AvgIpc) is 2.59. The highest BCUT2D eigenvalue weighted by Crippen LogP contribution is 2.27. The van der Waals surface area contributed by atoms with Gasteiger partial charge in [0.05, 0.1) is 30.4 Å². The van der Waals surface area contributed by atoms with Gasteiger partial charge in [0.15, 0.2) is 0 Å². The number of halogens is 1. The van der Waals surface area contributed by atoms with Gasteiger partial charge in [-0.2, -0.15) is 0 Å². The van der Waals surface area contributed by atoms with E-state index in [1.807, 2.05) is 0 Å². The number of methoxy groups -OCH3 is 1. The van der Waals surface area contributed by atoms with Crippen LogP contribution in [0, 0.1) is 0 Å². The van der Waals surface area contributed by atoms with E-state index < -0.39 is 17.9 Å². The second-order valence-electron chi connectivity index (χ2n) is 3.96. The van der Waals surface area contributed by atoms with E-state index in [2.05, 4.69) is 15.9 Å². The number of amides is 2. The summed E-state index contributed by atoms with van der Waals surface area (Å²) in [6.07, 6.45) is 0. The fourth-order valence-electron chi connectivity index (χ4n) is 1.96. The van der Waals surface area contributed by atoms with Crippen LogP contribution in [0.5, 0.6) is 0 Å². The number of hydrogen-bond donors (Lipinski definition) is 1. The van der Waals surface area contributed by atoms with Crippen LogP contribution < -0.4 is 0 Å². The summed E-state index contributed by atoms with van der Waals surface area (Å²) in [5.74, 6) is -0.786. The lowest BCUT2D eigenvalue weighted by molar-refractivity contribution is 0.0357. The molecule has 0 fully saturated rings. The maximum Gasteiger partial charge on any atom is 0.262 e. The number of carbonyl (C=O) groups is 2. The van der Waals surface area contributed by atoms with Crippen LogP contribution in [-0.4, -0.2) is 48.2 Å². The molecule has 1 aliphatic rings. The Labute approximate surface area is 112 Å². The predicted molar refractivity (Wildman–Crippen MR) is 67.4 cm³/mol. The van der Waals surface area contributed by atoms with Crippen LogP contribution in [0.25, 0.3) is 0 Å². The number of fused-ring (bicyclic) bond motifs is 1. The first-order valence-electron chi connectivity index (χ1n) is 5.37. The summed E-state index contributed by atoms with van der Waals surface area (Å²) < 4.78 is 5.64. The number of ether oxygens (including phenoxy) is 1. The molecular weight excluding hydrogens is 302 g/mol. The molecule has 1 atom stereocenters. The van der Waals surface area contributed by atoms with Crippen molar-refractivity contribution in [1.29, 1.82) is 0 Å². The third-order valence-corrected chi connectivity index (χ3v) is 3.31. The van der Waals surface area contributed by atoms with Gasteiger partial charge in [-0.15, -0.1) is 0 Å². The number of aliphatic hydroxyl groups excluding tert-OH is 1. The van der Waals surface area contributed by atoms with Crippen molar-refractivity contribution in [2.45, 2.75) is 6.04 Å². The summed E-state index contributed by atoms with van der Waals surface area (Å²) in [4.78, 5) is 25.3. The topological polar surface area (TPSA) is 66.8 Å². The van der Waals surface area contributed by atoms with E-state index in [0.717, 1.165) is 9.37 Å². The van der Waals surface area contributed by atoms with E-state index in [-0.39, 0.29) is 13.2 Å². The van der Waals surface area contributed by atoms with Crippen LogP contribution in [0.3, 0.4) is 0 Å². The van der Waals surface area contributed by atoms with E-state index in [1.54, 1.807) is 18.2 Å². The van der Waals surface area contributed by atoms with Crippen molar-refractivity contribution < 1.29 is 19.4 Å². The molecule has 1 aromatic rings. The minimum absolute atomic E-state index is 0.114. The maximum absolute atomic E-state index is 12.2. The number of imide groups is 1. The van der Waals surface area contributed by atoms with Crippen LogP contribution >= 0.6 is 15.9 Å². The van der Waals surface area contributed by atoms with Gasteiger partial charge in [-0.3, -0.25) is 14.5 Å². The molecule has 96 valence electrons. The van der Waals surface area contributed by atoms with Gasteiger partial charge in [0.1, 0.15) is 0 Å². The highest BCUT2D eigenvalue weighted by Gasteiger charge is 2.39. The molecule has 0 radical (unpaired) electrons. The van der Waals surface area contributed by atoms with Crippen molar-refractivity contribution in [1.82, 2.24) is 4.90 Å². The molecule has 18 heavy (non-hydrogen) atoms. The number of hydrogen-bond acceptors (Lipinski definition) is 4. The third-order valence-electron chi connectivity index (χ3n) is 2.81. The molecule has 0 saturated heterocycles. The van der Waals surface area contributed by atoms with E-state index >= 15 is 0 Å². The quantitative estimate of drug-likeness (QED) is 0.844. The first-order valence-corrected chi connectivity index (χ1v) is 6.16. The van der Waals surface area contributed by atoms with Crippen molar-refractivity contribution in [3.8, 4) is 0 Å². The smallest absolute Gasteiger partial charge is 0.262 e. The molecule has 0 aromatic heterocycles. The van der Waals surface area contributed by atoms with E-state index in [4.69, 9.17) is 4.74 Å². The summed E-state index contributed by atoms with van der Waals surface area (Å²) in [6, 6.07) is 4.26. The van der Waals surface area contributed by atoms with Crippen LogP contribution in [0.4, 0.5) is 0 Å². The van der Waals surface area contributed by atoms with Gasteiger partial charge in [-0.05, 0) is 18.2 Å². The zero-order valence-electron chi connectivity index (χ0n) is 9.72. The summed E-state index contributed by atoms with van der Waals surface area (Å²) in [7, 11) is 1.46. The lowest BCUT2D eigenvalue weighted by atomic mass is 10.1. The van der Waals surface area contributed by atoms with Gasteiger partial charge >= 0.3 is 0 Å². The molecule has 1 aromatic carbocycles. The van der Waals surface area contributed by atoms with Gasteiger partial charge in [-0.1, -0.05) is 15.9 Å². The average molecular weight is 314 g/mol. The Kier molecular flexibility index (Phi) is 3.79. The standard InChI is InChI=1S/C12H12BrNO4/c1-18-6-8(5-15)14-11(16)9-3-2-7(13)4-10(9)12(14)17/h2-4,8,15H,5-6H2,1H3. The molecule has 6 heteroatoms. The molecule has 0 aliphatic carbocycles. The minimum Gasteiger partial charge on any atom is -0.394 e. The Morgan fingerprint density at radius 2 is 2.00 bits per heavy atom. The zero-order valence-corrected chi connectivity index (χ0v) is 11.3. The van der Waals surface area contributed by atoms with Crippen molar-refractivity contribution in [3.05, 3.63) is 33.8 Å². The summed E-state index contributed by atoms with van der Waals surface area (Å²) in [5, 5.41) is 9.25. The molecular formula is C12H12BrNO4. The number of benzene rings is 1. The van der Waals surface area contributed by atoms with Gasteiger partial charge in [-0.25, -0.2) is 0 Å². The van der Waals surface area contributed by atoms with E-state index in [9.17, 15) is 14.7 Å². The number of aliphatic hydroxyl groups is 1. The molecule has 1 aliphatic heterocycles. The number of rotatable bonds is 4. The van der Waals surface area contributed by atoms with Crippen LogP contribution in [0.15, 0.2) is 22.7 Å². The molecule has 0 spiro atoms. The molecule has 2 rings (SSSR count). The molecule has 0 saturated carbocycles. The summed E-state index contributed by atoms with van der Waals surface area (Å²) in [5.41, 5.74) is 0.710. The Balaban J connectivity index is 2.38. The van der Waals surface area contributed by atoms with Gasteiger partial charge in [0, 0.05) is 11.6 Å². The van der Waals surface area contributed by atoms with Crippen LogP contribution in [0.2, 0.25) is 0 Å². The lowest BCUT2D eigenvalue weighted by Gasteiger charge is -2.23. The Hall–Kier alpha value is -1.24. The van der Waals surface area contributed by atoms with Gasteiger partial charge in [0.2, 0.25) is 0 Å². The van der Waals surface area contributed by atoms with Gasteiger partial charge in [0.25, 0.3) is 11.8 Å². The SMILES string of the molecule is COCC(CO)N1C(=O)c2ccc(Br)cc2C1=O. The Morgan fingerprint density at radius 3 is 2.61 bits per heavy atom. The molecule has 1 heterocycles. The maximum atomic E-state index is 12.2. The van der Waals surface area contributed by atoms with Gasteiger partial charge < -0.3 is 9.84 Å². The first kappa shape index (κ1) is 13.2. The zero-order chi connectivity index (χ0) is 13.3. The van der Waals surface area contributed by atoms with Crippen molar-refractivity contribution in [2.75, 3.05) is 20.3 Å². The minimum atomic E-state index is -0.652. The van der Waals surface area contributed by atoms with Crippen molar-refractivity contribution >= 4 is 27.7 Å². The second kappa shape index (κ2) is 5.17. The highest BCUT2D eigenvalue weighted by atomic mass is 79.9. The molecule has 2 amide bonds. The molecule has 1 N–H and O–H groups in total. The van der Waals surface area contributed by atoms with E-state index in [0.29, 0.717) is 11.1 Å². The van der Waals surface area contributed by atoms with Crippen molar-refractivity contribution in [2.24, 2.45) is 0 Å². The largest absolute Gasteiger partial charge is 0.394 e. The number of carbonyl (C=O) groups excluding carboxylic acids is 2. The molecule has 0 bridgehead atoms. The highest BCUT2D eigenvalue weighted by molar-refractivity contribution is 9.10. The lowest BCUT2D eigenvalue weighted by Crippen LogP contribution is -2.44. The van der Waals surface area contributed by atoms with Crippen LogP contribution in [-0.2, 0) is 4.74 Å². The monoisotopic (exact) mass is 313 g/mol. The van der Waals surface area contributed by atoms with E-state index in [1.165, 1.54) is 7.11 Å². The molecule has 1 unspecified atom stereocenters. The second-order valence-corrected chi connectivity index (χ2v) is 4.88. The fourth-order valence-corrected chi connectivity index (χ4v) is 2.33. The predicted octanol–water partition coefficient (Wildman–Crippen LogP) is 1.05. The summed E-state index contributed by atoms with van der Waals surface area (Å²) >= 11 is 3.26. The Bertz CT molecular complexity index is 503. The first-order chi connectivity index (χ1) is 8.60. The Morgan fingerprint density at radius 1 is 1.33 bits per heavy atom. The third kappa shape index (κ3) is 2.07. The summed E-state index contributed by atoms with van der Waals surface area (Å²) in [6.45, 7) is -0.205. The molecule has 5 nitrogen and oxygen atoms in total. The number of nitrogens with zero attached hydrogens (tertiary/aromatic N) is 1. The van der Waals surface area contributed by atoms with Crippen molar-refractivity contribution in [3.63, 3.8) is 0 Å². The van der Waals surface area contributed by atoms with Crippen LogP contribution in [0.1, 0.15) is 20.7 Å². The normalized spacial score (nSPS) is 16.1.